The molecule has 1 N–H and O–H groups in total. The number of piperidine rings is 1. The molecule has 130 valence electrons. The molecule has 25 heavy (non-hydrogen) atoms. The lowest BCUT2D eigenvalue weighted by Gasteiger charge is -2.26. The predicted octanol–water partition coefficient (Wildman–Crippen LogP) is 2.80. The summed E-state index contributed by atoms with van der Waals surface area (Å²) in [5.74, 6) is -0.206. The molecule has 1 aliphatic heterocycles. The second-order valence-electron chi connectivity index (χ2n) is 6.49. The molecule has 6 nitrogen and oxygen atoms in total. The Morgan fingerprint density at radius 2 is 2.08 bits per heavy atom. The van der Waals surface area contributed by atoms with E-state index in [0.29, 0.717) is 16.8 Å². The molecular weight excluding hydrogens is 314 g/mol. The Morgan fingerprint density at radius 3 is 2.84 bits per heavy atom. The van der Waals surface area contributed by atoms with Crippen LogP contribution >= 0.6 is 0 Å². The average molecular weight is 337 g/mol. The molecule has 1 aromatic carbocycles. The number of benzene rings is 1. The van der Waals surface area contributed by atoms with Gasteiger partial charge in [0.1, 0.15) is 0 Å². The number of likely N-dealkylation sites (tertiary alicyclic amines) is 1. The van der Waals surface area contributed by atoms with Crippen LogP contribution in [-0.2, 0) is 6.54 Å². The van der Waals surface area contributed by atoms with Crippen molar-refractivity contribution in [1.82, 2.24) is 14.7 Å². The first-order chi connectivity index (χ1) is 12.2. The normalized spacial score (nSPS) is 14.9. The SMILES string of the molecule is Cc1ccc(C#N)cc1NC(=O)c1cnn(CCN2CCCCC2)c1. The maximum atomic E-state index is 12.4. The Balaban J connectivity index is 1.60. The predicted molar refractivity (Wildman–Crippen MR) is 96.4 cm³/mol. The molecule has 3 rings (SSSR count). The van der Waals surface area contributed by atoms with Gasteiger partial charge in [-0.05, 0) is 50.6 Å². The van der Waals surface area contributed by atoms with Crippen molar-refractivity contribution in [3.63, 3.8) is 0 Å². The van der Waals surface area contributed by atoms with Gasteiger partial charge in [0, 0.05) is 18.4 Å². The Labute approximate surface area is 148 Å². The van der Waals surface area contributed by atoms with Crippen LogP contribution < -0.4 is 5.32 Å². The van der Waals surface area contributed by atoms with Crippen molar-refractivity contribution >= 4 is 11.6 Å². The quantitative estimate of drug-likeness (QED) is 0.910. The summed E-state index contributed by atoms with van der Waals surface area (Å²) in [5, 5.41) is 16.2. The standard InChI is InChI=1S/C19H23N5O/c1-15-5-6-16(12-20)11-18(15)22-19(25)17-13-21-24(14-17)10-9-23-7-3-2-4-8-23/h5-6,11,13-14H,2-4,7-10H2,1H3,(H,22,25). The zero-order chi connectivity index (χ0) is 17.6. The summed E-state index contributed by atoms with van der Waals surface area (Å²) in [4.78, 5) is 14.9. The summed E-state index contributed by atoms with van der Waals surface area (Å²) in [6, 6.07) is 7.34. The van der Waals surface area contributed by atoms with E-state index in [1.165, 1.54) is 19.3 Å². The van der Waals surface area contributed by atoms with Crippen molar-refractivity contribution < 1.29 is 4.79 Å². The number of anilines is 1. The molecule has 1 aromatic heterocycles. The first kappa shape index (κ1) is 17.2. The van der Waals surface area contributed by atoms with Crippen LogP contribution in [0.1, 0.15) is 40.7 Å². The van der Waals surface area contributed by atoms with Crippen LogP contribution in [0.3, 0.4) is 0 Å². The van der Waals surface area contributed by atoms with E-state index in [1.807, 2.05) is 17.7 Å². The number of aromatic nitrogens is 2. The second kappa shape index (κ2) is 7.95. The summed E-state index contributed by atoms with van der Waals surface area (Å²) >= 11 is 0. The van der Waals surface area contributed by atoms with Crippen LogP contribution in [-0.4, -0.2) is 40.2 Å². The second-order valence-corrected chi connectivity index (χ2v) is 6.49. The molecule has 1 amide bonds. The van der Waals surface area contributed by atoms with E-state index < -0.39 is 0 Å². The monoisotopic (exact) mass is 337 g/mol. The fourth-order valence-corrected chi connectivity index (χ4v) is 3.05. The van der Waals surface area contributed by atoms with Crippen molar-refractivity contribution in [1.29, 1.82) is 5.26 Å². The van der Waals surface area contributed by atoms with E-state index in [1.54, 1.807) is 24.5 Å². The van der Waals surface area contributed by atoms with Gasteiger partial charge < -0.3 is 10.2 Å². The van der Waals surface area contributed by atoms with Gasteiger partial charge in [0.2, 0.25) is 0 Å². The van der Waals surface area contributed by atoms with Gasteiger partial charge in [-0.1, -0.05) is 12.5 Å². The lowest BCUT2D eigenvalue weighted by molar-refractivity contribution is 0.102. The number of hydrogen-bond acceptors (Lipinski definition) is 4. The van der Waals surface area contributed by atoms with Gasteiger partial charge in [0.15, 0.2) is 0 Å². The Kier molecular flexibility index (Phi) is 5.46. The molecule has 0 aliphatic carbocycles. The number of amides is 1. The molecule has 0 unspecified atom stereocenters. The highest BCUT2D eigenvalue weighted by Crippen LogP contribution is 2.17. The molecule has 0 spiro atoms. The summed E-state index contributed by atoms with van der Waals surface area (Å²) in [6.07, 6.45) is 7.24. The lowest BCUT2D eigenvalue weighted by atomic mass is 10.1. The number of rotatable bonds is 5. The van der Waals surface area contributed by atoms with Gasteiger partial charge in [-0.3, -0.25) is 9.48 Å². The third kappa shape index (κ3) is 4.46. The molecule has 1 aliphatic rings. The summed E-state index contributed by atoms with van der Waals surface area (Å²) in [5.41, 5.74) is 2.63. The highest BCUT2D eigenvalue weighted by atomic mass is 16.1. The molecule has 0 radical (unpaired) electrons. The Bertz CT molecular complexity index is 783. The zero-order valence-electron chi connectivity index (χ0n) is 14.5. The van der Waals surface area contributed by atoms with E-state index in [2.05, 4.69) is 21.4 Å². The minimum absolute atomic E-state index is 0.206. The number of nitrogens with one attached hydrogen (secondary N) is 1. The van der Waals surface area contributed by atoms with Crippen molar-refractivity contribution in [3.8, 4) is 6.07 Å². The average Bonchev–Trinajstić information content (AvgIpc) is 3.12. The maximum absolute atomic E-state index is 12.4. The number of hydrogen-bond donors (Lipinski definition) is 1. The smallest absolute Gasteiger partial charge is 0.258 e. The largest absolute Gasteiger partial charge is 0.322 e. The van der Waals surface area contributed by atoms with E-state index in [4.69, 9.17) is 5.26 Å². The molecule has 6 heteroatoms. The third-order valence-corrected chi connectivity index (χ3v) is 4.60. The van der Waals surface area contributed by atoms with Crippen LogP contribution in [0.25, 0.3) is 0 Å². The zero-order valence-corrected chi connectivity index (χ0v) is 14.5. The topological polar surface area (TPSA) is 74.0 Å². The van der Waals surface area contributed by atoms with Gasteiger partial charge in [0.25, 0.3) is 5.91 Å². The fourth-order valence-electron chi connectivity index (χ4n) is 3.05. The summed E-state index contributed by atoms with van der Waals surface area (Å²) in [7, 11) is 0. The summed E-state index contributed by atoms with van der Waals surface area (Å²) in [6.45, 7) is 5.97. The highest BCUT2D eigenvalue weighted by Gasteiger charge is 2.13. The Morgan fingerprint density at radius 1 is 1.28 bits per heavy atom. The van der Waals surface area contributed by atoms with E-state index in [9.17, 15) is 4.79 Å². The highest BCUT2D eigenvalue weighted by molar-refractivity contribution is 6.04. The maximum Gasteiger partial charge on any atom is 0.258 e. The van der Waals surface area contributed by atoms with Gasteiger partial charge in [-0.2, -0.15) is 10.4 Å². The van der Waals surface area contributed by atoms with Crippen LogP contribution in [0.5, 0.6) is 0 Å². The van der Waals surface area contributed by atoms with Gasteiger partial charge in [-0.25, -0.2) is 0 Å². The van der Waals surface area contributed by atoms with Crippen LogP contribution in [0.15, 0.2) is 30.6 Å². The molecular formula is C19H23N5O. The third-order valence-electron chi connectivity index (χ3n) is 4.60. The minimum Gasteiger partial charge on any atom is -0.322 e. The molecule has 0 atom stereocenters. The number of aryl methyl sites for hydroxylation is 1. The van der Waals surface area contributed by atoms with E-state index in [-0.39, 0.29) is 5.91 Å². The van der Waals surface area contributed by atoms with Gasteiger partial charge >= 0.3 is 0 Å². The van der Waals surface area contributed by atoms with Crippen molar-refractivity contribution in [2.24, 2.45) is 0 Å². The van der Waals surface area contributed by atoms with Crippen molar-refractivity contribution in [3.05, 3.63) is 47.3 Å². The van der Waals surface area contributed by atoms with Gasteiger partial charge in [-0.15, -0.1) is 0 Å². The lowest BCUT2D eigenvalue weighted by Crippen LogP contribution is -2.32. The Hall–Kier alpha value is -2.65. The van der Waals surface area contributed by atoms with Crippen LogP contribution in [0, 0.1) is 18.3 Å². The minimum atomic E-state index is -0.206. The van der Waals surface area contributed by atoms with E-state index >= 15 is 0 Å². The molecule has 1 saturated heterocycles. The molecule has 1 fully saturated rings. The molecule has 0 saturated carbocycles. The van der Waals surface area contributed by atoms with Crippen LogP contribution in [0.2, 0.25) is 0 Å². The first-order valence-electron chi connectivity index (χ1n) is 8.72. The summed E-state index contributed by atoms with van der Waals surface area (Å²) < 4.78 is 1.82. The van der Waals surface area contributed by atoms with Crippen LogP contribution in [0.4, 0.5) is 5.69 Å². The van der Waals surface area contributed by atoms with E-state index in [0.717, 1.165) is 31.7 Å². The molecule has 0 bridgehead atoms. The van der Waals surface area contributed by atoms with Gasteiger partial charge in [0.05, 0.1) is 29.9 Å². The molecule has 2 heterocycles. The number of carbonyl (C=O) groups is 1. The number of nitriles is 1. The number of nitrogens with zero attached hydrogens (tertiary/aromatic N) is 4. The van der Waals surface area contributed by atoms with Crippen molar-refractivity contribution in [2.45, 2.75) is 32.7 Å². The molecule has 2 aromatic rings. The first-order valence-corrected chi connectivity index (χ1v) is 8.72. The number of carbonyl (C=O) groups excluding carboxylic acids is 1. The fraction of sp³-hybridized carbons (Fsp3) is 0.421. The van der Waals surface area contributed by atoms with Crippen molar-refractivity contribution in [2.75, 3.05) is 25.0 Å².